The minimum atomic E-state index is -0.763. The minimum Gasteiger partial charge on any atom is -0.388 e. The summed E-state index contributed by atoms with van der Waals surface area (Å²) in [5.74, 6) is 0.859. The molecule has 2 fully saturated rings. The van der Waals surface area contributed by atoms with Crippen LogP contribution in [0.2, 0.25) is 0 Å². The number of hydrogen-bond donors (Lipinski definition) is 1. The molecule has 2 aliphatic rings. The van der Waals surface area contributed by atoms with Gasteiger partial charge in [0.15, 0.2) is 0 Å². The third-order valence-corrected chi connectivity index (χ3v) is 6.09. The van der Waals surface area contributed by atoms with E-state index in [-0.39, 0.29) is 5.92 Å². The molecule has 0 bridgehead atoms. The van der Waals surface area contributed by atoms with Crippen molar-refractivity contribution in [2.24, 2.45) is 22.7 Å². The molecule has 2 saturated carbocycles. The molecular formula is C17H29NO. The molecule has 1 N–H and O–H groups in total. The van der Waals surface area contributed by atoms with Gasteiger partial charge in [0.05, 0.1) is 17.1 Å². The fourth-order valence-electron chi connectivity index (χ4n) is 4.67. The van der Waals surface area contributed by atoms with Crippen molar-refractivity contribution in [1.82, 2.24) is 0 Å². The molecule has 19 heavy (non-hydrogen) atoms. The first-order valence-corrected chi connectivity index (χ1v) is 7.92. The Kier molecular flexibility index (Phi) is 3.73. The molecule has 0 aromatic carbocycles. The number of aliphatic hydroxyl groups is 1. The first-order valence-electron chi connectivity index (χ1n) is 7.92. The molecule has 0 saturated heterocycles. The normalized spacial score (nSPS) is 45.9. The minimum absolute atomic E-state index is 0.228. The summed E-state index contributed by atoms with van der Waals surface area (Å²) in [6, 6.07) is 2.56. The van der Waals surface area contributed by atoms with Crippen molar-refractivity contribution in [1.29, 1.82) is 5.26 Å². The van der Waals surface area contributed by atoms with E-state index in [1.165, 1.54) is 0 Å². The molecule has 2 heteroatoms. The highest BCUT2D eigenvalue weighted by Gasteiger charge is 2.58. The molecular weight excluding hydrogens is 234 g/mol. The predicted molar refractivity (Wildman–Crippen MR) is 77.4 cm³/mol. The van der Waals surface area contributed by atoms with Gasteiger partial charge in [-0.1, -0.05) is 34.1 Å². The van der Waals surface area contributed by atoms with Gasteiger partial charge in [0, 0.05) is 0 Å². The van der Waals surface area contributed by atoms with Crippen LogP contribution in [0.1, 0.15) is 72.6 Å². The van der Waals surface area contributed by atoms with Gasteiger partial charge in [-0.05, 0) is 55.8 Å². The Labute approximate surface area is 118 Å². The average molecular weight is 263 g/mol. The first kappa shape index (κ1) is 14.9. The average Bonchev–Trinajstić information content (AvgIpc) is 2.79. The van der Waals surface area contributed by atoms with Gasteiger partial charge in [-0.3, -0.25) is 0 Å². The Hall–Kier alpha value is -0.550. The molecule has 2 rings (SSSR count). The van der Waals surface area contributed by atoms with E-state index in [9.17, 15) is 10.4 Å². The van der Waals surface area contributed by atoms with Crippen LogP contribution in [0.5, 0.6) is 0 Å². The molecule has 4 atom stereocenters. The third-order valence-electron chi connectivity index (χ3n) is 6.09. The van der Waals surface area contributed by atoms with Crippen LogP contribution < -0.4 is 0 Å². The maximum Gasteiger partial charge on any atom is 0.0865 e. The fourth-order valence-corrected chi connectivity index (χ4v) is 4.67. The van der Waals surface area contributed by atoms with Gasteiger partial charge >= 0.3 is 0 Å². The van der Waals surface area contributed by atoms with Crippen LogP contribution in [0, 0.1) is 34.0 Å². The topological polar surface area (TPSA) is 44.0 Å². The Morgan fingerprint density at radius 3 is 2.37 bits per heavy atom. The highest BCUT2D eigenvalue weighted by molar-refractivity contribution is 5.17. The lowest BCUT2D eigenvalue weighted by atomic mass is 9.55. The lowest BCUT2D eigenvalue weighted by molar-refractivity contribution is -0.138. The van der Waals surface area contributed by atoms with Crippen LogP contribution in [0.3, 0.4) is 0 Å². The van der Waals surface area contributed by atoms with Gasteiger partial charge < -0.3 is 5.11 Å². The number of hydrogen-bond acceptors (Lipinski definition) is 2. The molecule has 0 aliphatic heterocycles. The van der Waals surface area contributed by atoms with Gasteiger partial charge in [0.2, 0.25) is 0 Å². The number of rotatable bonds is 2. The van der Waals surface area contributed by atoms with E-state index in [0.717, 1.165) is 44.9 Å². The molecule has 0 amide bonds. The zero-order valence-corrected chi connectivity index (χ0v) is 13.0. The van der Waals surface area contributed by atoms with Gasteiger partial charge in [0.25, 0.3) is 0 Å². The fraction of sp³-hybridized carbons (Fsp3) is 0.941. The summed E-state index contributed by atoms with van der Waals surface area (Å²) in [6.07, 6.45) is 6.91. The number of nitriles is 1. The first-order chi connectivity index (χ1) is 8.78. The maximum absolute atomic E-state index is 11.3. The molecule has 0 aromatic heterocycles. The van der Waals surface area contributed by atoms with E-state index in [4.69, 9.17) is 0 Å². The lowest BCUT2D eigenvalue weighted by Gasteiger charge is -2.51. The van der Waals surface area contributed by atoms with E-state index in [1.54, 1.807) is 0 Å². The summed E-state index contributed by atoms with van der Waals surface area (Å²) in [4.78, 5) is 0. The van der Waals surface area contributed by atoms with Crippen molar-refractivity contribution in [2.75, 3.05) is 0 Å². The molecule has 0 aromatic rings. The Balaban J connectivity index is 2.26. The van der Waals surface area contributed by atoms with Crippen molar-refractivity contribution in [3.05, 3.63) is 0 Å². The van der Waals surface area contributed by atoms with Crippen molar-refractivity contribution in [3.8, 4) is 6.07 Å². The van der Waals surface area contributed by atoms with Gasteiger partial charge in [-0.15, -0.1) is 0 Å². The molecule has 2 nitrogen and oxygen atoms in total. The smallest absolute Gasteiger partial charge is 0.0865 e. The molecule has 0 heterocycles. The van der Waals surface area contributed by atoms with Crippen molar-refractivity contribution < 1.29 is 5.11 Å². The lowest BCUT2D eigenvalue weighted by Crippen LogP contribution is -2.55. The van der Waals surface area contributed by atoms with Crippen LogP contribution in [0.25, 0.3) is 0 Å². The molecule has 108 valence electrons. The molecule has 0 spiro atoms. The van der Waals surface area contributed by atoms with E-state index >= 15 is 0 Å². The largest absolute Gasteiger partial charge is 0.388 e. The van der Waals surface area contributed by atoms with Crippen LogP contribution in [0.4, 0.5) is 0 Å². The quantitative estimate of drug-likeness (QED) is 0.808. The van der Waals surface area contributed by atoms with Crippen molar-refractivity contribution in [3.63, 3.8) is 0 Å². The van der Waals surface area contributed by atoms with Crippen LogP contribution in [0.15, 0.2) is 0 Å². The monoisotopic (exact) mass is 263 g/mol. The van der Waals surface area contributed by atoms with Crippen LogP contribution >= 0.6 is 0 Å². The molecule has 4 unspecified atom stereocenters. The second-order valence-corrected chi connectivity index (χ2v) is 7.90. The number of nitrogens with zero attached hydrogens (tertiary/aromatic N) is 1. The van der Waals surface area contributed by atoms with Gasteiger partial charge in [-0.2, -0.15) is 5.26 Å². The standard InChI is InChI=1S/C17H29NO/c1-5-14-6-7-16(11-14,12-18)17(19)9-8-15(3,4)10-13(17)2/h13-14,19H,5-11H2,1-4H3. The third kappa shape index (κ3) is 2.31. The Morgan fingerprint density at radius 1 is 1.21 bits per heavy atom. The SMILES string of the molecule is CCC1CCC(C#N)(C2(O)CCC(C)(C)CC2C)C1. The van der Waals surface area contributed by atoms with Crippen LogP contribution in [-0.2, 0) is 0 Å². The highest BCUT2D eigenvalue weighted by atomic mass is 16.3. The summed E-state index contributed by atoms with van der Waals surface area (Å²) >= 11 is 0. The zero-order chi connectivity index (χ0) is 14.3. The molecule has 0 radical (unpaired) electrons. The summed E-state index contributed by atoms with van der Waals surface area (Å²) in [5.41, 5.74) is -0.935. The Bertz CT molecular complexity index is 383. The predicted octanol–water partition coefficient (Wildman–Crippen LogP) is 4.28. The molecule has 2 aliphatic carbocycles. The van der Waals surface area contributed by atoms with Crippen molar-refractivity contribution in [2.45, 2.75) is 78.2 Å². The summed E-state index contributed by atoms with van der Waals surface area (Å²) in [6.45, 7) is 8.92. The van der Waals surface area contributed by atoms with Crippen LogP contribution in [-0.4, -0.2) is 10.7 Å². The van der Waals surface area contributed by atoms with Crippen molar-refractivity contribution >= 4 is 0 Å². The van der Waals surface area contributed by atoms with E-state index in [1.807, 2.05) is 0 Å². The van der Waals surface area contributed by atoms with Gasteiger partial charge in [-0.25, -0.2) is 0 Å². The summed E-state index contributed by atoms with van der Waals surface area (Å²) < 4.78 is 0. The van der Waals surface area contributed by atoms with E-state index < -0.39 is 11.0 Å². The van der Waals surface area contributed by atoms with Gasteiger partial charge in [0.1, 0.15) is 0 Å². The zero-order valence-electron chi connectivity index (χ0n) is 13.0. The van der Waals surface area contributed by atoms with E-state index in [0.29, 0.717) is 11.3 Å². The second kappa shape index (κ2) is 4.77. The maximum atomic E-state index is 11.3. The second-order valence-electron chi connectivity index (χ2n) is 7.90. The highest BCUT2D eigenvalue weighted by Crippen LogP contribution is 2.58. The summed E-state index contributed by atoms with van der Waals surface area (Å²) in [5, 5.41) is 21.1. The Morgan fingerprint density at radius 2 is 1.89 bits per heavy atom. The summed E-state index contributed by atoms with van der Waals surface area (Å²) in [7, 11) is 0. The van der Waals surface area contributed by atoms with E-state index in [2.05, 4.69) is 33.8 Å².